The van der Waals surface area contributed by atoms with Gasteiger partial charge in [-0.1, -0.05) is 18.2 Å². The van der Waals surface area contributed by atoms with Gasteiger partial charge in [-0.25, -0.2) is 8.42 Å². The van der Waals surface area contributed by atoms with E-state index in [1.165, 1.54) is 30.3 Å². The van der Waals surface area contributed by atoms with Gasteiger partial charge in [-0.3, -0.25) is 0 Å². The molecule has 0 spiro atoms. The highest BCUT2D eigenvalue weighted by Gasteiger charge is 2.53. The van der Waals surface area contributed by atoms with Crippen LogP contribution in [0.5, 0.6) is 0 Å². The van der Waals surface area contributed by atoms with Crippen LogP contribution in [0.15, 0.2) is 47.4 Å². The molecular formula is C21H23NO8S. The predicted molar refractivity (Wildman–Crippen MR) is 107 cm³/mol. The van der Waals surface area contributed by atoms with Gasteiger partial charge in [-0.05, 0) is 41.8 Å². The number of rotatable bonds is 5. The van der Waals surface area contributed by atoms with Gasteiger partial charge < -0.3 is 30.3 Å². The number of hydrogen-bond donors (Lipinski definition) is 5. The quantitative estimate of drug-likeness (QED) is 0.391. The van der Waals surface area contributed by atoms with Gasteiger partial charge in [0.05, 0.1) is 23.1 Å². The summed E-state index contributed by atoms with van der Waals surface area (Å²) in [6, 6.07) is 12.3. The Morgan fingerprint density at radius 1 is 1.10 bits per heavy atom. The van der Waals surface area contributed by atoms with Crippen molar-refractivity contribution >= 4 is 9.84 Å². The Bertz CT molecular complexity index is 1090. The van der Waals surface area contributed by atoms with Gasteiger partial charge in [0.2, 0.25) is 5.79 Å². The lowest BCUT2D eigenvalue weighted by molar-refractivity contribution is -0.357. The lowest BCUT2D eigenvalue weighted by atomic mass is 9.86. The number of ether oxygens (including phenoxy) is 1. The number of aliphatic hydroxyl groups is 5. The maximum Gasteiger partial charge on any atom is 0.222 e. The Kier molecular flexibility index (Phi) is 6.50. The molecule has 2 aromatic carbocycles. The number of nitrogens with zero attached hydrogens (tertiary/aromatic N) is 1. The molecule has 3 rings (SSSR count). The molecule has 0 amide bonds. The Morgan fingerprint density at radius 2 is 1.74 bits per heavy atom. The van der Waals surface area contributed by atoms with Crippen LogP contribution in [0.4, 0.5) is 0 Å². The summed E-state index contributed by atoms with van der Waals surface area (Å²) in [6.07, 6.45) is -5.33. The Balaban J connectivity index is 1.98. The number of aliphatic hydroxyl groups excluding tert-OH is 4. The Hall–Kier alpha value is -2.36. The van der Waals surface area contributed by atoms with Crippen molar-refractivity contribution in [1.82, 2.24) is 0 Å². The summed E-state index contributed by atoms with van der Waals surface area (Å²) in [5.41, 5.74) is 1.45. The summed E-state index contributed by atoms with van der Waals surface area (Å²) in [5.74, 6) is -2.44. The number of hydrogen-bond acceptors (Lipinski definition) is 9. The van der Waals surface area contributed by atoms with E-state index in [-0.39, 0.29) is 22.4 Å². The smallest absolute Gasteiger partial charge is 0.222 e. The lowest BCUT2D eigenvalue weighted by Gasteiger charge is -2.45. The van der Waals surface area contributed by atoms with Gasteiger partial charge in [0, 0.05) is 11.8 Å². The van der Waals surface area contributed by atoms with Gasteiger partial charge >= 0.3 is 0 Å². The minimum absolute atomic E-state index is 0.0196. The van der Waals surface area contributed by atoms with Crippen LogP contribution in [0.25, 0.3) is 0 Å². The second-order valence-corrected chi connectivity index (χ2v) is 9.55. The first-order chi connectivity index (χ1) is 14.5. The average Bonchev–Trinajstić information content (AvgIpc) is 2.74. The van der Waals surface area contributed by atoms with Crippen LogP contribution < -0.4 is 0 Å². The van der Waals surface area contributed by atoms with Crippen molar-refractivity contribution in [2.45, 2.75) is 41.5 Å². The number of nitriles is 1. The largest absolute Gasteiger partial charge is 0.394 e. The number of benzene rings is 2. The first kappa shape index (κ1) is 23.3. The van der Waals surface area contributed by atoms with E-state index in [1.54, 1.807) is 12.1 Å². The molecule has 1 aliphatic heterocycles. The van der Waals surface area contributed by atoms with Crippen molar-refractivity contribution in [3.63, 3.8) is 0 Å². The first-order valence-corrected chi connectivity index (χ1v) is 11.3. The molecule has 1 fully saturated rings. The van der Waals surface area contributed by atoms with Crippen LogP contribution in [-0.2, 0) is 26.8 Å². The van der Waals surface area contributed by atoms with Crippen LogP contribution >= 0.6 is 0 Å². The fraction of sp³-hybridized carbons (Fsp3) is 0.381. The fourth-order valence-corrected chi connectivity index (χ4v) is 4.17. The molecule has 2 aromatic rings. The molecule has 0 bridgehead atoms. The molecule has 5 atom stereocenters. The van der Waals surface area contributed by atoms with Crippen molar-refractivity contribution in [2.75, 3.05) is 12.9 Å². The van der Waals surface area contributed by atoms with Gasteiger partial charge in [0.25, 0.3) is 0 Å². The molecule has 0 unspecified atom stereocenters. The number of sulfone groups is 1. The van der Waals surface area contributed by atoms with E-state index < -0.39 is 46.6 Å². The van der Waals surface area contributed by atoms with Gasteiger partial charge in [0.1, 0.15) is 24.4 Å². The molecular weight excluding hydrogens is 426 g/mol. The standard InChI is InChI=1S/C21H23NO8S/c1-31(28,29)16-6-2-12(3-7-16)8-14-9-15(5-4-13(14)10-22)21(27)20(26)19(25)18(24)17(11-23)30-21/h2-7,9,17-20,23-27H,8,11H2,1H3/t17-,18-,19+,20-,21+/m1/s1. The summed E-state index contributed by atoms with van der Waals surface area (Å²) in [7, 11) is -3.35. The van der Waals surface area contributed by atoms with Gasteiger partial charge in [-0.15, -0.1) is 0 Å². The van der Waals surface area contributed by atoms with E-state index in [9.17, 15) is 39.2 Å². The normalized spacial score (nSPS) is 28.8. The molecule has 1 aliphatic rings. The minimum Gasteiger partial charge on any atom is -0.394 e. The molecule has 0 aliphatic carbocycles. The third kappa shape index (κ3) is 4.49. The minimum atomic E-state index is -3.35. The highest BCUT2D eigenvalue weighted by Crippen LogP contribution is 2.37. The van der Waals surface area contributed by atoms with E-state index in [1.807, 2.05) is 6.07 Å². The molecule has 0 radical (unpaired) electrons. The lowest BCUT2D eigenvalue weighted by Crippen LogP contribution is -2.63. The van der Waals surface area contributed by atoms with E-state index >= 15 is 0 Å². The molecule has 9 nitrogen and oxygen atoms in total. The summed E-state index contributed by atoms with van der Waals surface area (Å²) in [4.78, 5) is 0.154. The second kappa shape index (κ2) is 8.64. The topological polar surface area (TPSA) is 168 Å². The van der Waals surface area contributed by atoms with E-state index in [4.69, 9.17) is 4.74 Å². The van der Waals surface area contributed by atoms with Crippen molar-refractivity contribution < 1.29 is 38.7 Å². The zero-order valence-corrected chi connectivity index (χ0v) is 17.4. The molecule has 0 saturated carbocycles. The zero-order valence-electron chi connectivity index (χ0n) is 16.6. The van der Waals surface area contributed by atoms with Crippen LogP contribution in [0.3, 0.4) is 0 Å². The van der Waals surface area contributed by atoms with Crippen molar-refractivity contribution in [1.29, 1.82) is 5.26 Å². The van der Waals surface area contributed by atoms with Crippen molar-refractivity contribution in [3.8, 4) is 6.07 Å². The SMILES string of the molecule is CS(=O)(=O)c1ccc(Cc2cc([C@]3(O)O[C@H](CO)[C@@H](O)[C@H](O)[C@H]3O)ccc2C#N)cc1. The Morgan fingerprint density at radius 3 is 2.29 bits per heavy atom. The summed E-state index contributed by atoms with van der Waals surface area (Å²) >= 11 is 0. The average molecular weight is 449 g/mol. The monoisotopic (exact) mass is 449 g/mol. The van der Waals surface area contributed by atoms with Gasteiger partial charge in [-0.2, -0.15) is 5.26 Å². The van der Waals surface area contributed by atoms with Crippen LogP contribution in [0.2, 0.25) is 0 Å². The molecule has 166 valence electrons. The van der Waals surface area contributed by atoms with E-state index in [0.29, 0.717) is 11.1 Å². The third-order valence-corrected chi connectivity index (χ3v) is 6.48. The molecule has 0 aromatic heterocycles. The van der Waals surface area contributed by atoms with Crippen LogP contribution in [0, 0.1) is 11.3 Å². The molecule has 10 heteroatoms. The molecule has 1 heterocycles. The highest BCUT2D eigenvalue weighted by atomic mass is 32.2. The molecule has 5 N–H and O–H groups in total. The van der Waals surface area contributed by atoms with Gasteiger partial charge in [0.15, 0.2) is 9.84 Å². The van der Waals surface area contributed by atoms with Crippen LogP contribution in [-0.4, -0.2) is 71.2 Å². The van der Waals surface area contributed by atoms with E-state index in [2.05, 4.69) is 0 Å². The molecule has 1 saturated heterocycles. The second-order valence-electron chi connectivity index (χ2n) is 7.54. The van der Waals surface area contributed by atoms with Crippen molar-refractivity contribution in [3.05, 3.63) is 64.7 Å². The fourth-order valence-electron chi connectivity index (χ4n) is 3.54. The summed E-state index contributed by atoms with van der Waals surface area (Å²) in [5, 5.41) is 60.2. The first-order valence-electron chi connectivity index (χ1n) is 9.39. The highest BCUT2D eigenvalue weighted by molar-refractivity contribution is 7.90. The third-order valence-electron chi connectivity index (χ3n) is 5.35. The maximum atomic E-state index is 11.6. The summed E-state index contributed by atoms with van der Waals surface area (Å²) in [6.45, 7) is -0.705. The Labute approximate surface area is 179 Å². The maximum absolute atomic E-state index is 11.6. The summed E-state index contributed by atoms with van der Waals surface area (Å²) < 4.78 is 28.6. The molecule has 31 heavy (non-hydrogen) atoms. The van der Waals surface area contributed by atoms with Crippen molar-refractivity contribution in [2.24, 2.45) is 0 Å². The predicted octanol–water partition coefficient (Wildman–Crippen LogP) is -0.829. The van der Waals surface area contributed by atoms with Crippen LogP contribution in [0.1, 0.15) is 22.3 Å². The zero-order chi connectivity index (χ0) is 23.0. The van der Waals surface area contributed by atoms with E-state index in [0.717, 1.165) is 6.26 Å².